The first-order valence-corrected chi connectivity index (χ1v) is 12.0. The fraction of sp³-hybridized carbons (Fsp3) is 0.381. The van der Waals surface area contributed by atoms with Crippen LogP contribution in [-0.2, 0) is 21.2 Å². The van der Waals surface area contributed by atoms with Crippen LogP contribution in [0, 0.1) is 12.7 Å². The van der Waals surface area contributed by atoms with E-state index in [-0.39, 0.29) is 22.1 Å². The van der Waals surface area contributed by atoms with Gasteiger partial charge in [-0.25, -0.2) is 17.5 Å². The third-order valence-electron chi connectivity index (χ3n) is 5.43. The summed E-state index contributed by atoms with van der Waals surface area (Å²) in [6.45, 7) is 3.11. The Morgan fingerprint density at radius 1 is 1.14 bits per heavy atom. The topological polar surface area (TPSA) is 66.5 Å². The van der Waals surface area contributed by atoms with E-state index in [1.165, 1.54) is 28.2 Å². The molecule has 0 radical (unpaired) electrons. The van der Waals surface area contributed by atoms with Crippen LogP contribution >= 0.6 is 11.8 Å². The maximum atomic E-state index is 13.0. The van der Waals surface area contributed by atoms with Crippen LogP contribution in [0.5, 0.6) is 0 Å². The minimum Gasteiger partial charge on any atom is -0.342 e. The first-order valence-electron chi connectivity index (χ1n) is 9.65. The first kappa shape index (κ1) is 20.4. The van der Waals surface area contributed by atoms with Gasteiger partial charge in [0, 0.05) is 24.0 Å². The molecule has 2 aliphatic heterocycles. The number of hydrogen-bond donors (Lipinski definition) is 1. The SMILES string of the molecule is Cc1ccc2c(c1)S[C@H](C(=O)N1CCC(NS(=O)(=O)c3ccc(F)cc3)CC1)C2. The van der Waals surface area contributed by atoms with Gasteiger partial charge in [0.25, 0.3) is 0 Å². The number of carbonyl (C=O) groups excluding carboxylic acids is 1. The Balaban J connectivity index is 1.33. The van der Waals surface area contributed by atoms with Gasteiger partial charge in [0.15, 0.2) is 0 Å². The van der Waals surface area contributed by atoms with Crippen molar-refractivity contribution < 1.29 is 17.6 Å². The van der Waals surface area contributed by atoms with E-state index >= 15 is 0 Å². The number of rotatable bonds is 4. The maximum Gasteiger partial charge on any atom is 0.240 e. The molecule has 0 aliphatic carbocycles. The van der Waals surface area contributed by atoms with Gasteiger partial charge in [0.2, 0.25) is 15.9 Å². The van der Waals surface area contributed by atoms with E-state index in [2.05, 4.69) is 22.9 Å². The molecule has 2 aromatic carbocycles. The molecule has 154 valence electrons. The Labute approximate surface area is 174 Å². The highest BCUT2D eigenvalue weighted by atomic mass is 32.2. The van der Waals surface area contributed by atoms with E-state index < -0.39 is 15.8 Å². The molecule has 4 rings (SSSR count). The van der Waals surface area contributed by atoms with Crippen molar-refractivity contribution in [3.8, 4) is 0 Å². The van der Waals surface area contributed by atoms with Gasteiger partial charge in [-0.3, -0.25) is 4.79 Å². The van der Waals surface area contributed by atoms with Crippen molar-refractivity contribution in [3.05, 3.63) is 59.4 Å². The van der Waals surface area contributed by atoms with Crippen molar-refractivity contribution in [2.75, 3.05) is 13.1 Å². The van der Waals surface area contributed by atoms with Crippen LogP contribution in [0.25, 0.3) is 0 Å². The van der Waals surface area contributed by atoms with E-state index in [0.717, 1.165) is 18.6 Å². The molecule has 1 fully saturated rings. The summed E-state index contributed by atoms with van der Waals surface area (Å²) in [6, 6.07) is 10.9. The van der Waals surface area contributed by atoms with Gasteiger partial charge in [-0.05, 0) is 62.1 Å². The highest BCUT2D eigenvalue weighted by molar-refractivity contribution is 8.01. The van der Waals surface area contributed by atoms with Crippen molar-refractivity contribution in [3.63, 3.8) is 0 Å². The summed E-state index contributed by atoms with van der Waals surface area (Å²) in [5.74, 6) is -0.346. The lowest BCUT2D eigenvalue weighted by Crippen LogP contribution is -2.48. The lowest BCUT2D eigenvalue weighted by Gasteiger charge is -2.33. The van der Waals surface area contributed by atoms with Gasteiger partial charge in [-0.2, -0.15) is 0 Å². The molecule has 0 unspecified atom stereocenters. The number of hydrogen-bond acceptors (Lipinski definition) is 4. The van der Waals surface area contributed by atoms with Crippen molar-refractivity contribution in [1.29, 1.82) is 0 Å². The predicted octanol–water partition coefficient (Wildman–Crippen LogP) is 3.12. The second-order valence-electron chi connectivity index (χ2n) is 7.60. The average Bonchev–Trinajstić information content (AvgIpc) is 3.11. The summed E-state index contributed by atoms with van der Waals surface area (Å²) in [4.78, 5) is 16.0. The van der Waals surface area contributed by atoms with Crippen molar-refractivity contribution >= 4 is 27.7 Å². The normalized spacial score (nSPS) is 19.9. The highest BCUT2D eigenvalue weighted by Gasteiger charge is 2.34. The number of sulfonamides is 1. The summed E-state index contributed by atoms with van der Waals surface area (Å²) < 4.78 is 40.7. The number of aryl methyl sites for hydroxylation is 1. The predicted molar refractivity (Wildman–Crippen MR) is 111 cm³/mol. The van der Waals surface area contributed by atoms with Crippen LogP contribution in [0.4, 0.5) is 4.39 Å². The molecule has 8 heteroatoms. The Morgan fingerprint density at radius 3 is 2.52 bits per heavy atom. The zero-order valence-corrected chi connectivity index (χ0v) is 17.7. The number of halogens is 1. The van der Waals surface area contributed by atoms with E-state index in [1.54, 1.807) is 11.8 Å². The quantitative estimate of drug-likeness (QED) is 0.803. The lowest BCUT2D eigenvalue weighted by molar-refractivity contribution is -0.131. The molecule has 1 atom stereocenters. The second-order valence-corrected chi connectivity index (χ2v) is 10.6. The standard InChI is InChI=1S/C21H23FN2O3S2/c1-14-2-3-15-13-20(28-19(15)12-14)21(25)24-10-8-17(9-11-24)23-29(26,27)18-6-4-16(22)5-7-18/h2-7,12,17,20,23H,8-11,13H2,1H3/t20-/m0/s1. The Bertz CT molecular complexity index is 1020. The number of benzene rings is 2. The maximum absolute atomic E-state index is 13.0. The smallest absolute Gasteiger partial charge is 0.240 e. The van der Waals surface area contributed by atoms with Crippen molar-refractivity contribution in [1.82, 2.24) is 9.62 Å². The first-order chi connectivity index (χ1) is 13.8. The van der Waals surface area contributed by atoms with E-state index in [9.17, 15) is 17.6 Å². The van der Waals surface area contributed by atoms with Crippen LogP contribution < -0.4 is 4.72 Å². The number of carbonyl (C=O) groups is 1. The molecular weight excluding hydrogens is 411 g/mol. The molecule has 2 aromatic rings. The zero-order valence-electron chi connectivity index (χ0n) is 16.1. The number of fused-ring (bicyclic) bond motifs is 1. The number of nitrogens with one attached hydrogen (secondary N) is 1. The Kier molecular flexibility index (Phi) is 5.68. The minimum atomic E-state index is -3.69. The molecule has 0 spiro atoms. The third-order valence-corrected chi connectivity index (χ3v) is 8.25. The van der Waals surface area contributed by atoms with Gasteiger partial charge in [0.1, 0.15) is 5.82 Å². The molecule has 0 bridgehead atoms. The van der Waals surface area contributed by atoms with Gasteiger partial charge in [-0.15, -0.1) is 11.8 Å². The molecule has 0 aromatic heterocycles. The summed E-state index contributed by atoms with van der Waals surface area (Å²) in [7, 11) is -3.69. The van der Waals surface area contributed by atoms with Crippen LogP contribution in [0.1, 0.15) is 24.0 Å². The number of piperidine rings is 1. The van der Waals surface area contributed by atoms with E-state index in [4.69, 9.17) is 0 Å². The van der Waals surface area contributed by atoms with Crippen LogP contribution in [0.15, 0.2) is 52.3 Å². The second kappa shape index (κ2) is 8.08. The van der Waals surface area contributed by atoms with Crippen molar-refractivity contribution in [2.45, 2.75) is 47.3 Å². The molecule has 1 N–H and O–H groups in total. The lowest BCUT2D eigenvalue weighted by atomic mass is 10.0. The molecule has 1 amide bonds. The Morgan fingerprint density at radius 2 is 1.83 bits per heavy atom. The van der Waals surface area contributed by atoms with Gasteiger partial charge < -0.3 is 4.90 Å². The zero-order chi connectivity index (χ0) is 20.6. The summed E-state index contributed by atoms with van der Waals surface area (Å²) >= 11 is 1.63. The van der Waals surface area contributed by atoms with Crippen molar-refractivity contribution in [2.24, 2.45) is 0 Å². The number of thioether (sulfide) groups is 1. The summed E-state index contributed by atoms with van der Waals surface area (Å²) in [6.07, 6.45) is 1.88. The summed E-state index contributed by atoms with van der Waals surface area (Å²) in [5, 5.41) is -0.0979. The molecule has 5 nitrogen and oxygen atoms in total. The van der Waals surface area contributed by atoms with Crippen LogP contribution in [0.3, 0.4) is 0 Å². The Hall–Kier alpha value is -1.90. The molecular formula is C21H23FN2O3S2. The van der Waals surface area contributed by atoms with E-state index in [1.807, 2.05) is 11.8 Å². The van der Waals surface area contributed by atoms with Gasteiger partial charge >= 0.3 is 0 Å². The van der Waals surface area contributed by atoms with Crippen LogP contribution in [0.2, 0.25) is 0 Å². The highest BCUT2D eigenvalue weighted by Crippen LogP contribution is 2.38. The fourth-order valence-corrected chi connectivity index (χ4v) is 6.48. The molecule has 0 saturated carbocycles. The summed E-state index contributed by atoms with van der Waals surface area (Å²) in [5.41, 5.74) is 2.42. The average molecular weight is 435 g/mol. The molecule has 1 saturated heterocycles. The van der Waals surface area contributed by atoms with E-state index in [0.29, 0.717) is 25.9 Å². The minimum absolute atomic E-state index is 0.0489. The molecule has 2 heterocycles. The largest absolute Gasteiger partial charge is 0.342 e. The number of nitrogens with zero attached hydrogens (tertiary/aromatic N) is 1. The van der Waals surface area contributed by atoms with Gasteiger partial charge in [0.05, 0.1) is 10.1 Å². The number of likely N-dealkylation sites (tertiary alicyclic amines) is 1. The monoisotopic (exact) mass is 434 g/mol. The molecule has 29 heavy (non-hydrogen) atoms. The van der Waals surface area contributed by atoms with Crippen LogP contribution in [-0.4, -0.2) is 43.6 Å². The molecule has 2 aliphatic rings. The number of amides is 1. The van der Waals surface area contributed by atoms with Gasteiger partial charge in [-0.1, -0.05) is 17.7 Å². The third kappa shape index (κ3) is 4.49. The fourth-order valence-electron chi connectivity index (χ4n) is 3.80.